The van der Waals surface area contributed by atoms with Crippen molar-refractivity contribution in [3.8, 4) is 16.9 Å². The normalized spacial score (nSPS) is 18.1. The Hall–Kier alpha value is -1.61. The molecule has 0 unspecified atom stereocenters. The minimum absolute atomic E-state index is 0.0408. The van der Waals surface area contributed by atoms with Gasteiger partial charge in [-0.05, 0) is 53.0 Å². The van der Waals surface area contributed by atoms with Gasteiger partial charge in [-0.25, -0.2) is 9.37 Å². The molecule has 128 valence electrons. The van der Waals surface area contributed by atoms with E-state index in [1.165, 1.54) is 17.3 Å². The van der Waals surface area contributed by atoms with E-state index < -0.39 is 5.82 Å². The zero-order chi connectivity index (χ0) is 17.7. The van der Waals surface area contributed by atoms with Gasteiger partial charge in [0, 0.05) is 17.3 Å². The summed E-state index contributed by atoms with van der Waals surface area (Å²) in [4.78, 5) is 3.81. The van der Waals surface area contributed by atoms with Gasteiger partial charge in [-0.3, -0.25) is 0 Å². The molecule has 2 aromatic rings. The molecule has 0 radical (unpaired) electrons. The number of rotatable bonds is 2. The van der Waals surface area contributed by atoms with Gasteiger partial charge in [0.2, 0.25) is 0 Å². The van der Waals surface area contributed by atoms with Crippen molar-refractivity contribution in [2.75, 3.05) is 7.11 Å². The molecule has 2 nitrogen and oxygen atoms in total. The third-order valence-electron chi connectivity index (χ3n) is 5.31. The van der Waals surface area contributed by atoms with Crippen LogP contribution in [-0.4, -0.2) is 12.1 Å². The lowest BCUT2D eigenvalue weighted by Gasteiger charge is -2.42. The first-order valence-electron chi connectivity index (χ1n) is 8.21. The zero-order valence-electron chi connectivity index (χ0n) is 14.8. The van der Waals surface area contributed by atoms with E-state index in [1.54, 1.807) is 13.2 Å². The van der Waals surface area contributed by atoms with Crippen LogP contribution in [0, 0.1) is 5.82 Å². The third kappa shape index (κ3) is 2.69. The summed E-state index contributed by atoms with van der Waals surface area (Å²) in [5.74, 6) is 0.158. The molecule has 1 aromatic carbocycles. The molecule has 0 fully saturated rings. The number of halogens is 2. The number of hydrogen-bond donors (Lipinski definition) is 0. The molecule has 0 amide bonds. The van der Waals surface area contributed by atoms with Crippen LogP contribution < -0.4 is 4.74 Å². The average Bonchev–Trinajstić information content (AvgIpc) is 2.53. The van der Waals surface area contributed by atoms with E-state index in [0.717, 1.165) is 18.4 Å². The van der Waals surface area contributed by atoms with Crippen molar-refractivity contribution in [1.29, 1.82) is 0 Å². The van der Waals surface area contributed by atoms with Gasteiger partial charge < -0.3 is 4.74 Å². The first-order valence-corrected chi connectivity index (χ1v) is 8.58. The molecule has 4 heteroatoms. The second kappa shape index (κ2) is 5.73. The molecule has 0 saturated heterocycles. The van der Waals surface area contributed by atoms with Gasteiger partial charge in [0.15, 0.2) is 11.0 Å². The van der Waals surface area contributed by atoms with Gasteiger partial charge in [-0.15, -0.1) is 0 Å². The second-order valence-electron chi connectivity index (χ2n) is 7.83. The van der Waals surface area contributed by atoms with Gasteiger partial charge in [-0.2, -0.15) is 0 Å². The third-order valence-corrected chi connectivity index (χ3v) is 5.57. The summed E-state index contributed by atoms with van der Waals surface area (Å²) in [6.45, 7) is 8.99. The Morgan fingerprint density at radius 2 is 1.62 bits per heavy atom. The standard InChI is InChI=1S/C20H23ClFNO/c1-19(2)7-8-20(3,4)15-11-16(24-5)13(10-14(15)19)12-6-9-23-18(21)17(12)22/h6,9-11H,7-8H2,1-5H3. The van der Waals surface area contributed by atoms with Crippen LogP contribution in [0.3, 0.4) is 0 Å². The van der Waals surface area contributed by atoms with Crippen LogP contribution in [0.25, 0.3) is 11.1 Å². The summed E-state index contributed by atoms with van der Waals surface area (Å²) in [5.41, 5.74) is 3.80. The maximum absolute atomic E-state index is 14.5. The minimum atomic E-state index is -0.509. The molecule has 0 atom stereocenters. The number of ether oxygens (including phenoxy) is 1. The number of aromatic nitrogens is 1. The lowest BCUT2D eigenvalue weighted by molar-refractivity contribution is 0.329. The summed E-state index contributed by atoms with van der Waals surface area (Å²) in [7, 11) is 1.62. The number of benzene rings is 1. The highest BCUT2D eigenvalue weighted by atomic mass is 35.5. The van der Waals surface area contributed by atoms with Gasteiger partial charge in [0.25, 0.3) is 0 Å². The lowest BCUT2D eigenvalue weighted by atomic mass is 9.62. The van der Waals surface area contributed by atoms with Crippen molar-refractivity contribution in [3.63, 3.8) is 0 Å². The van der Waals surface area contributed by atoms with Crippen molar-refractivity contribution >= 4 is 11.6 Å². The van der Waals surface area contributed by atoms with Crippen LogP contribution in [0.5, 0.6) is 5.75 Å². The molecular formula is C20H23ClFNO. The predicted molar refractivity (Wildman–Crippen MR) is 96.5 cm³/mol. The van der Waals surface area contributed by atoms with Crippen LogP contribution in [0.1, 0.15) is 51.7 Å². The molecule has 1 aromatic heterocycles. The van der Waals surface area contributed by atoms with E-state index in [1.807, 2.05) is 0 Å². The van der Waals surface area contributed by atoms with Crippen LogP contribution in [0.15, 0.2) is 24.4 Å². The quantitative estimate of drug-likeness (QED) is 0.631. The molecule has 1 heterocycles. The maximum Gasteiger partial charge on any atom is 0.168 e. The highest BCUT2D eigenvalue weighted by Gasteiger charge is 2.38. The number of pyridine rings is 1. The van der Waals surface area contributed by atoms with Crippen molar-refractivity contribution in [3.05, 3.63) is 46.5 Å². The molecular weight excluding hydrogens is 325 g/mol. The Bertz CT molecular complexity index is 798. The zero-order valence-corrected chi connectivity index (χ0v) is 15.6. The van der Waals surface area contributed by atoms with Crippen LogP contribution in [0.4, 0.5) is 4.39 Å². The van der Waals surface area contributed by atoms with Gasteiger partial charge in [0.05, 0.1) is 7.11 Å². The minimum Gasteiger partial charge on any atom is -0.496 e. The van der Waals surface area contributed by atoms with E-state index in [9.17, 15) is 4.39 Å². The summed E-state index contributed by atoms with van der Waals surface area (Å²) < 4.78 is 20.1. The second-order valence-corrected chi connectivity index (χ2v) is 8.19. The molecule has 1 aliphatic rings. The molecule has 0 spiro atoms. The summed E-state index contributed by atoms with van der Waals surface area (Å²) >= 11 is 5.88. The van der Waals surface area contributed by atoms with Crippen LogP contribution in [0.2, 0.25) is 5.15 Å². The fourth-order valence-electron chi connectivity index (χ4n) is 3.60. The van der Waals surface area contributed by atoms with Crippen LogP contribution in [-0.2, 0) is 10.8 Å². The molecule has 24 heavy (non-hydrogen) atoms. The number of methoxy groups -OCH3 is 1. The van der Waals surface area contributed by atoms with E-state index in [-0.39, 0.29) is 16.0 Å². The van der Waals surface area contributed by atoms with E-state index >= 15 is 0 Å². The highest BCUT2D eigenvalue weighted by molar-refractivity contribution is 6.29. The molecule has 1 aliphatic carbocycles. The number of fused-ring (bicyclic) bond motifs is 1. The Balaban J connectivity index is 2.31. The van der Waals surface area contributed by atoms with Crippen molar-refractivity contribution in [2.24, 2.45) is 0 Å². The maximum atomic E-state index is 14.5. The first kappa shape index (κ1) is 17.2. The van der Waals surface area contributed by atoms with Crippen molar-refractivity contribution in [1.82, 2.24) is 4.98 Å². The molecule has 0 saturated carbocycles. The smallest absolute Gasteiger partial charge is 0.168 e. The summed E-state index contributed by atoms with van der Waals surface area (Å²) in [5, 5.41) is -0.119. The van der Waals surface area contributed by atoms with Gasteiger partial charge in [-0.1, -0.05) is 39.3 Å². The van der Waals surface area contributed by atoms with Gasteiger partial charge >= 0.3 is 0 Å². The SMILES string of the molecule is COc1cc2c(cc1-c1ccnc(Cl)c1F)C(C)(C)CCC2(C)C. The van der Waals surface area contributed by atoms with Gasteiger partial charge in [0.1, 0.15) is 5.75 Å². The lowest BCUT2D eigenvalue weighted by Crippen LogP contribution is -2.33. The Labute approximate surface area is 148 Å². The monoisotopic (exact) mass is 347 g/mol. The van der Waals surface area contributed by atoms with E-state index in [0.29, 0.717) is 11.3 Å². The molecule has 3 rings (SSSR count). The Morgan fingerprint density at radius 3 is 2.21 bits per heavy atom. The summed E-state index contributed by atoms with van der Waals surface area (Å²) in [6, 6.07) is 5.79. The fraction of sp³-hybridized carbons (Fsp3) is 0.450. The summed E-state index contributed by atoms with van der Waals surface area (Å²) in [6.07, 6.45) is 3.73. The van der Waals surface area contributed by atoms with Crippen molar-refractivity contribution in [2.45, 2.75) is 51.4 Å². The largest absolute Gasteiger partial charge is 0.496 e. The Morgan fingerprint density at radius 1 is 1.04 bits per heavy atom. The molecule has 0 bridgehead atoms. The Kier molecular flexibility index (Phi) is 4.11. The fourth-order valence-corrected chi connectivity index (χ4v) is 3.76. The van der Waals surface area contributed by atoms with Crippen LogP contribution >= 0.6 is 11.6 Å². The van der Waals surface area contributed by atoms with Crippen molar-refractivity contribution < 1.29 is 9.13 Å². The van der Waals surface area contributed by atoms with E-state index in [4.69, 9.17) is 16.3 Å². The van der Waals surface area contributed by atoms with E-state index in [2.05, 4.69) is 44.8 Å². The topological polar surface area (TPSA) is 22.1 Å². The predicted octanol–water partition coefficient (Wildman–Crippen LogP) is 5.90. The number of nitrogens with zero attached hydrogens (tertiary/aromatic N) is 1. The first-order chi connectivity index (χ1) is 11.2. The molecule has 0 aliphatic heterocycles. The number of hydrogen-bond acceptors (Lipinski definition) is 2. The molecule has 0 N–H and O–H groups in total. The average molecular weight is 348 g/mol. The highest BCUT2D eigenvalue weighted by Crippen LogP contribution is 2.49.